The van der Waals surface area contributed by atoms with Crippen molar-refractivity contribution in [1.29, 1.82) is 0 Å². The Labute approximate surface area is 125 Å². The van der Waals surface area contributed by atoms with Gasteiger partial charge < -0.3 is 14.1 Å². The highest BCUT2D eigenvalue weighted by Gasteiger charge is 2.41. The van der Waals surface area contributed by atoms with Gasteiger partial charge in [-0.3, -0.25) is 9.69 Å². The van der Waals surface area contributed by atoms with E-state index in [0.29, 0.717) is 24.2 Å². The lowest BCUT2D eigenvalue weighted by molar-refractivity contribution is -0.132. The SMILES string of the molecule is CN(C)C(=O)C[C@@H]1COC[C@H]2CN(Cc3ccoc3)C[C@@H]12. The van der Waals surface area contributed by atoms with E-state index in [1.54, 1.807) is 11.2 Å². The molecule has 2 aliphatic heterocycles. The van der Waals surface area contributed by atoms with Crippen LogP contribution >= 0.6 is 0 Å². The fraction of sp³-hybridized carbons (Fsp3) is 0.688. The van der Waals surface area contributed by atoms with E-state index < -0.39 is 0 Å². The van der Waals surface area contributed by atoms with E-state index in [0.717, 1.165) is 32.8 Å². The van der Waals surface area contributed by atoms with Gasteiger partial charge in [0.15, 0.2) is 0 Å². The fourth-order valence-corrected chi connectivity index (χ4v) is 3.58. The highest BCUT2D eigenvalue weighted by Crippen LogP contribution is 2.36. The second kappa shape index (κ2) is 6.20. The number of carbonyl (C=O) groups excluding carboxylic acids is 1. The summed E-state index contributed by atoms with van der Waals surface area (Å²) in [7, 11) is 3.65. The molecule has 0 aliphatic carbocycles. The summed E-state index contributed by atoms with van der Waals surface area (Å²) >= 11 is 0. The standard InChI is InChI=1S/C16H24N2O3/c1-17(2)16(19)5-13-10-21-11-14-7-18(8-15(13)14)6-12-3-4-20-9-12/h3-4,9,13-15H,5-8,10-11H2,1-2H3/t13-,14-,15+/m1/s1. The predicted molar refractivity (Wildman–Crippen MR) is 78.6 cm³/mol. The van der Waals surface area contributed by atoms with E-state index in [1.165, 1.54) is 5.56 Å². The molecule has 116 valence electrons. The first kappa shape index (κ1) is 14.6. The number of ether oxygens (including phenoxy) is 1. The summed E-state index contributed by atoms with van der Waals surface area (Å²) in [5.74, 6) is 1.70. The summed E-state index contributed by atoms with van der Waals surface area (Å²) in [5, 5.41) is 0. The lowest BCUT2D eigenvalue weighted by Gasteiger charge is -2.33. The third-order valence-corrected chi connectivity index (χ3v) is 4.76. The summed E-state index contributed by atoms with van der Waals surface area (Å²) in [5.41, 5.74) is 1.22. The molecule has 21 heavy (non-hydrogen) atoms. The zero-order valence-electron chi connectivity index (χ0n) is 12.8. The molecular weight excluding hydrogens is 268 g/mol. The van der Waals surface area contributed by atoms with Crippen molar-refractivity contribution in [3.63, 3.8) is 0 Å². The van der Waals surface area contributed by atoms with Gasteiger partial charge in [0.25, 0.3) is 0 Å². The van der Waals surface area contributed by atoms with Crippen molar-refractivity contribution < 1.29 is 13.9 Å². The topological polar surface area (TPSA) is 45.9 Å². The molecule has 3 rings (SSSR count). The van der Waals surface area contributed by atoms with Crippen molar-refractivity contribution in [2.45, 2.75) is 13.0 Å². The quantitative estimate of drug-likeness (QED) is 0.843. The first-order valence-electron chi connectivity index (χ1n) is 7.65. The molecule has 0 unspecified atom stereocenters. The van der Waals surface area contributed by atoms with Gasteiger partial charge in [-0.2, -0.15) is 0 Å². The molecule has 0 bridgehead atoms. The molecule has 2 aliphatic rings. The Morgan fingerprint density at radius 2 is 2.24 bits per heavy atom. The van der Waals surface area contributed by atoms with Crippen LogP contribution in [0.2, 0.25) is 0 Å². The predicted octanol–water partition coefficient (Wildman–Crippen LogP) is 1.45. The van der Waals surface area contributed by atoms with Crippen LogP contribution in [-0.4, -0.2) is 56.1 Å². The number of rotatable bonds is 4. The molecule has 5 heteroatoms. The Balaban J connectivity index is 1.61. The van der Waals surface area contributed by atoms with Gasteiger partial charge in [-0.1, -0.05) is 0 Å². The van der Waals surface area contributed by atoms with Crippen molar-refractivity contribution >= 4 is 5.91 Å². The summed E-state index contributed by atoms with van der Waals surface area (Å²) in [4.78, 5) is 16.1. The highest BCUT2D eigenvalue weighted by atomic mass is 16.5. The van der Waals surface area contributed by atoms with E-state index in [9.17, 15) is 4.79 Å². The summed E-state index contributed by atoms with van der Waals surface area (Å²) < 4.78 is 10.9. The van der Waals surface area contributed by atoms with Crippen LogP contribution in [0.25, 0.3) is 0 Å². The monoisotopic (exact) mass is 292 g/mol. The Hall–Kier alpha value is -1.33. The minimum Gasteiger partial charge on any atom is -0.472 e. The van der Waals surface area contributed by atoms with Crippen LogP contribution in [0.3, 0.4) is 0 Å². The Morgan fingerprint density at radius 3 is 2.95 bits per heavy atom. The molecule has 5 nitrogen and oxygen atoms in total. The van der Waals surface area contributed by atoms with E-state index in [-0.39, 0.29) is 5.91 Å². The van der Waals surface area contributed by atoms with Crippen LogP contribution in [0.15, 0.2) is 23.0 Å². The summed E-state index contributed by atoms with van der Waals surface area (Å²) in [6.45, 7) is 4.60. The third kappa shape index (κ3) is 3.30. The molecule has 1 amide bonds. The number of fused-ring (bicyclic) bond motifs is 1. The van der Waals surface area contributed by atoms with E-state index in [1.807, 2.05) is 26.4 Å². The molecular formula is C16H24N2O3. The van der Waals surface area contributed by atoms with Crippen LogP contribution < -0.4 is 0 Å². The maximum absolute atomic E-state index is 12.0. The van der Waals surface area contributed by atoms with E-state index >= 15 is 0 Å². The van der Waals surface area contributed by atoms with Gasteiger partial charge in [-0.15, -0.1) is 0 Å². The van der Waals surface area contributed by atoms with Crippen molar-refractivity contribution in [2.24, 2.45) is 17.8 Å². The zero-order valence-corrected chi connectivity index (χ0v) is 12.8. The van der Waals surface area contributed by atoms with Crippen LogP contribution in [-0.2, 0) is 16.1 Å². The number of likely N-dealkylation sites (tertiary alicyclic amines) is 1. The molecule has 0 spiro atoms. The molecule has 0 radical (unpaired) electrons. The van der Waals surface area contributed by atoms with Crippen molar-refractivity contribution in [3.05, 3.63) is 24.2 Å². The molecule has 0 aromatic carbocycles. The van der Waals surface area contributed by atoms with Gasteiger partial charge in [0.05, 0.1) is 25.7 Å². The number of nitrogens with zero attached hydrogens (tertiary/aromatic N) is 2. The third-order valence-electron chi connectivity index (χ3n) is 4.76. The first-order valence-corrected chi connectivity index (χ1v) is 7.65. The number of furan rings is 1. The molecule has 0 N–H and O–H groups in total. The van der Waals surface area contributed by atoms with Crippen molar-refractivity contribution in [2.75, 3.05) is 40.4 Å². The molecule has 1 aromatic heterocycles. The van der Waals surface area contributed by atoms with Crippen LogP contribution in [0.5, 0.6) is 0 Å². The molecule has 1 aromatic rings. The van der Waals surface area contributed by atoms with Crippen LogP contribution in [0, 0.1) is 17.8 Å². The molecule has 2 saturated heterocycles. The summed E-state index contributed by atoms with van der Waals surface area (Å²) in [6, 6.07) is 2.02. The van der Waals surface area contributed by atoms with Crippen molar-refractivity contribution in [1.82, 2.24) is 9.80 Å². The molecule has 3 atom stereocenters. The summed E-state index contributed by atoms with van der Waals surface area (Å²) in [6.07, 6.45) is 4.14. The number of hydrogen-bond acceptors (Lipinski definition) is 4. The normalized spacial score (nSPS) is 29.3. The smallest absolute Gasteiger partial charge is 0.222 e. The minimum absolute atomic E-state index is 0.206. The van der Waals surface area contributed by atoms with Gasteiger partial charge in [-0.05, 0) is 23.8 Å². The number of hydrogen-bond donors (Lipinski definition) is 0. The Kier molecular flexibility index (Phi) is 4.31. The van der Waals surface area contributed by atoms with Gasteiger partial charge in [0.1, 0.15) is 0 Å². The molecule has 2 fully saturated rings. The second-order valence-electron chi connectivity index (χ2n) is 6.54. The zero-order chi connectivity index (χ0) is 14.8. The Bertz CT molecular complexity index is 472. The van der Waals surface area contributed by atoms with Crippen LogP contribution in [0.1, 0.15) is 12.0 Å². The average Bonchev–Trinajstić information content (AvgIpc) is 3.08. The second-order valence-corrected chi connectivity index (χ2v) is 6.54. The lowest BCUT2D eigenvalue weighted by atomic mass is 9.81. The molecule has 3 heterocycles. The first-order chi connectivity index (χ1) is 10.1. The lowest BCUT2D eigenvalue weighted by Crippen LogP contribution is -2.38. The van der Waals surface area contributed by atoms with Gasteiger partial charge >= 0.3 is 0 Å². The minimum atomic E-state index is 0.206. The fourth-order valence-electron chi connectivity index (χ4n) is 3.58. The van der Waals surface area contributed by atoms with E-state index in [4.69, 9.17) is 9.15 Å². The van der Waals surface area contributed by atoms with Crippen LogP contribution in [0.4, 0.5) is 0 Å². The van der Waals surface area contributed by atoms with Gasteiger partial charge in [-0.25, -0.2) is 0 Å². The number of amides is 1. The van der Waals surface area contributed by atoms with Gasteiger partial charge in [0, 0.05) is 45.7 Å². The van der Waals surface area contributed by atoms with Gasteiger partial charge in [0.2, 0.25) is 5.91 Å². The van der Waals surface area contributed by atoms with E-state index in [2.05, 4.69) is 4.90 Å². The van der Waals surface area contributed by atoms with Crippen molar-refractivity contribution in [3.8, 4) is 0 Å². The Morgan fingerprint density at radius 1 is 1.38 bits per heavy atom. The average molecular weight is 292 g/mol. The molecule has 0 saturated carbocycles. The number of carbonyl (C=O) groups is 1. The maximum atomic E-state index is 12.0. The maximum Gasteiger partial charge on any atom is 0.222 e. The largest absolute Gasteiger partial charge is 0.472 e. The highest BCUT2D eigenvalue weighted by molar-refractivity contribution is 5.75.